The van der Waals surface area contributed by atoms with E-state index in [4.69, 9.17) is 0 Å². The van der Waals surface area contributed by atoms with Crippen molar-refractivity contribution in [1.82, 2.24) is 0 Å². The van der Waals surface area contributed by atoms with Gasteiger partial charge in [-0.05, 0) is 0 Å². The highest BCUT2D eigenvalue weighted by atomic mass is 19.3. The summed E-state index contributed by atoms with van der Waals surface area (Å²) in [4.78, 5) is 21.2. The van der Waals surface area contributed by atoms with Gasteiger partial charge in [0.25, 0.3) is 5.69 Å². The predicted molar refractivity (Wildman–Crippen MR) is 59.2 cm³/mol. The van der Waals surface area contributed by atoms with E-state index in [0.717, 1.165) is 12.1 Å². The standard InChI is InChI=1S/C11H9F4NO4/c12-10(13)11(14,15)6-20-5-9(17)7-2-1-3-8(4-7)16(18)19/h1-4,10H,5-6H2. The van der Waals surface area contributed by atoms with Crippen LogP contribution in [0.5, 0.6) is 0 Å². The van der Waals surface area contributed by atoms with Crippen LogP contribution in [-0.2, 0) is 4.74 Å². The average molecular weight is 295 g/mol. The summed E-state index contributed by atoms with van der Waals surface area (Å²) < 4.78 is 52.8. The molecule has 1 aromatic rings. The van der Waals surface area contributed by atoms with Crippen molar-refractivity contribution < 1.29 is 32.0 Å². The molecule has 0 N–H and O–H groups in total. The number of rotatable bonds is 7. The molecule has 0 aromatic heterocycles. The number of halogens is 4. The molecule has 0 bridgehead atoms. The van der Waals surface area contributed by atoms with Crippen molar-refractivity contribution in [1.29, 1.82) is 0 Å². The van der Waals surface area contributed by atoms with Crippen molar-refractivity contribution in [3.8, 4) is 0 Å². The second-order valence-corrected chi connectivity index (χ2v) is 3.79. The molecule has 5 nitrogen and oxygen atoms in total. The van der Waals surface area contributed by atoms with Crippen LogP contribution in [0.4, 0.5) is 23.2 Å². The van der Waals surface area contributed by atoms with E-state index >= 15 is 0 Å². The zero-order valence-corrected chi connectivity index (χ0v) is 9.89. The molecule has 0 aliphatic carbocycles. The molecule has 1 rings (SSSR count). The number of ketones is 1. The maximum atomic E-state index is 12.5. The first-order chi connectivity index (χ1) is 9.24. The van der Waals surface area contributed by atoms with Crippen molar-refractivity contribution in [2.75, 3.05) is 13.2 Å². The molecule has 0 spiro atoms. The number of alkyl halides is 4. The third-order valence-corrected chi connectivity index (χ3v) is 2.23. The van der Waals surface area contributed by atoms with Gasteiger partial charge in [-0.25, -0.2) is 8.78 Å². The number of non-ortho nitro benzene ring substituents is 1. The number of nitro groups is 1. The second-order valence-electron chi connectivity index (χ2n) is 3.79. The summed E-state index contributed by atoms with van der Waals surface area (Å²) in [6.07, 6.45) is -3.89. The molecule has 0 saturated carbocycles. The average Bonchev–Trinajstić information content (AvgIpc) is 2.38. The van der Waals surface area contributed by atoms with E-state index in [-0.39, 0.29) is 11.3 Å². The molecule has 0 aliphatic rings. The van der Waals surface area contributed by atoms with Gasteiger partial charge >= 0.3 is 12.3 Å². The first-order valence-corrected chi connectivity index (χ1v) is 5.25. The van der Waals surface area contributed by atoms with Gasteiger partial charge in [-0.15, -0.1) is 0 Å². The smallest absolute Gasteiger partial charge is 0.330 e. The lowest BCUT2D eigenvalue weighted by atomic mass is 10.1. The maximum absolute atomic E-state index is 12.5. The van der Waals surface area contributed by atoms with Crippen LogP contribution in [0.25, 0.3) is 0 Å². The Balaban J connectivity index is 2.60. The maximum Gasteiger partial charge on any atom is 0.330 e. The van der Waals surface area contributed by atoms with Crippen LogP contribution in [0, 0.1) is 10.1 Å². The van der Waals surface area contributed by atoms with Crippen LogP contribution in [0.2, 0.25) is 0 Å². The summed E-state index contributed by atoms with van der Waals surface area (Å²) in [7, 11) is 0. The normalized spacial score (nSPS) is 11.7. The number of benzene rings is 1. The third-order valence-electron chi connectivity index (χ3n) is 2.23. The van der Waals surface area contributed by atoms with Gasteiger partial charge in [0, 0.05) is 17.7 Å². The summed E-state index contributed by atoms with van der Waals surface area (Å²) in [5, 5.41) is 10.5. The largest absolute Gasteiger partial charge is 0.367 e. The number of ether oxygens (including phenoxy) is 1. The van der Waals surface area contributed by atoms with Gasteiger partial charge < -0.3 is 4.74 Å². The van der Waals surface area contributed by atoms with Crippen molar-refractivity contribution >= 4 is 11.5 Å². The van der Waals surface area contributed by atoms with Crippen LogP contribution in [0.3, 0.4) is 0 Å². The number of nitro benzene ring substituents is 1. The molecule has 0 saturated heterocycles. The Morgan fingerprint density at radius 3 is 2.60 bits per heavy atom. The van der Waals surface area contributed by atoms with Gasteiger partial charge in [-0.1, -0.05) is 12.1 Å². The van der Waals surface area contributed by atoms with Gasteiger partial charge in [0.15, 0.2) is 5.78 Å². The van der Waals surface area contributed by atoms with Gasteiger partial charge in [0.2, 0.25) is 0 Å². The monoisotopic (exact) mass is 295 g/mol. The molecule has 0 amide bonds. The summed E-state index contributed by atoms with van der Waals surface area (Å²) in [6, 6.07) is 4.54. The summed E-state index contributed by atoms with van der Waals surface area (Å²) in [5.41, 5.74) is -0.478. The first-order valence-electron chi connectivity index (χ1n) is 5.25. The van der Waals surface area contributed by atoms with Gasteiger partial charge in [-0.2, -0.15) is 8.78 Å². The second kappa shape index (κ2) is 6.42. The van der Waals surface area contributed by atoms with E-state index in [0.29, 0.717) is 0 Å². The lowest BCUT2D eigenvalue weighted by Gasteiger charge is -2.14. The fourth-order valence-electron chi connectivity index (χ4n) is 1.22. The molecule has 0 atom stereocenters. The van der Waals surface area contributed by atoms with Crippen LogP contribution in [0.1, 0.15) is 10.4 Å². The van der Waals surface area contributed by atoms with E-state index in [1.807, 2.05) is 0 Å². The predicted octanol–water partition coefficient (Wildman–Crippen LogP) is 2.69. The molecule has 110 valence electrons. The van der Waals surface area contributed by atoms with Crippen molar-refractivity contribution in [2.45, 2.75) is 12.3 Å². The Hall–Kier alpha value is -2.03. The molecule has 9 heteroatoms. The summed E-state index contributed by atoms with van der Waals surface area (Å²) >= 11 is 0. The van der Waals surface area contributed by atoms with E-state index < -0.39 is 36.3 Å². The van der Waals surface area contributed by atoms with Crippen molar-refractivity contribution in [3.05, 3.63) is 39.9 Å². The Bertz CT molecular complexity index is 507. The molecular formula is C11H9F4NO4. The first kappa shape index (κ1) is 16.0. The van der Waals surface area contributed by atoms with Crippen molar-refractivity contribution in [3.63, 3.8) is 0 Å². The SMILES string of the molecule is O=C(COCC(F)(F)C(F)F)c1cccc([N+](=O)[O-])c1. The molecule has 0 fully saturated rings. The minimum atomic E-state index is -4.34. The van der Waals surface area contributed by atoms with E-state index in [1.54, 1.807) is 0 Å². The van der Waals surface area contributed by atoms with Crippen LogP contribution in [-0.4, -0.2) is 36.3 Å². The third kappa shape index (κ3) is 4.26. The van der Waals surface area contributed by atoms with Gasteiger partial charge in [0.05, 0.1) is 4.92 Å². The molecule has 0 unspecified atom stereocenters. The van der Waals surface area contributed by atoms with Crippen LogP contribution in [0.15, 0.2) is 24.3 Å². The van der Waals surface area contributed by atoms with Crippen LogP contribution < -0.4 is 0 Å². The zero-order valence-electron chi connectivity index (χ0n) is 9.89. The molecule has 20 heavy (non-hydrogen) atoms. The molecule has 1 aromatic carbocycles. The highest BCUT2D eigenvalue weighted by Crippen LogP contribution is 2.23. The van der Waals surface area contributed by atoms with E-state index in [1.165, 1.54) is 12.1 Å². The summed E-state index contributed by atoms with van der Waals surface area (Å²) in [6.45, 7) is -2.48. The molecule has 0 radical (unpaired) electrons. The zero-order chi connectivity index (χ0) is 15.3. The minimum Gasteiger partial charge on any atom is -0.367 e. The number of Topliss-reactive ketones (excluding diaryl/α,β-unsaturated/α-hetero) is 1. The highest BCUT2D eigenvalue weighted by molar-refractivity contribution is 5.97. The Morgan fingerprint density at radius 1 is 1.40 bits per heavy atom. The fourth-order valence-corrected chi connectivity index (χ4v) is 1.22. The Labute approximate surface area is 110 Å². The van der Waals surface area contributed by atoms with E-state index in [2.05, 4.69) is 4.74 Å². The number of carbonyl (C=O) groups is 1. The minimum absolute atomic E-state index is 0.125. The topological polar surface area (TPSA) is 69.4 Å². The summed E-state index contributed by atoms with van der Waals surface area (Å²) in [5.74, 6) is -5.16. The van der Waals surface area contributed by atoms with Crippen molar-refractivity contribution in [2.24, 2.45) is 0 Å². The highest BCUT2D eigenvalue weighted by Gasteiger charge is 2.41. The lowest BCUT2D eigenvalue weighted by Crippen LogP contribution is -2.33. The number of hydrogen-bond acceptors (Lipinski definition) is 4. The number of nitrogens with zero attached hydrogens (tertiary/aromatic N) is 1. The fraction of sp³-hybridized carbons (Fsp3) is 0.364. The Morgan fingerprint density at radius 2 is 2.05 bits per heavy atom. The van der Waals surface area contributed by atoms with Crippen LogP contribution >= 0.6 is 0 Å². The quantitative estimate of drug-likeness (QED) is 0.335. The lowest BCUT2D eigenvalue weighted by molar-refractivity contribution is -0.384. The number of hydrogen-bond donors (Lipinski definition) is 0. The molecule has 0 heterocycles. The molecular weight excluding hydrogens is 286 g/mol. The van der Waals surface area contributed by atoms with Gasteiger partial charge in [-0.3, -0.25) is 14.9 Å². The van der Waals surface area contributed by atoms with Gasteiger partial charge in [0.1, 0.15) is 13.2 Å². The van der Waals surface area contributed by atoms with E-state index in [9.17, 15) is 32.5 Å². The Kier molecular flexibility index (Phi) is 5.14. The molecule has 0 aliphatic heterocycles. The number of carbonyl (C=O) groups excluding carboxylic acids is 1.